The molecule has 1 N–H and O–H groups in total. The van der Waals surface area contributed by atoms with Crippen molar-refractivity contribution < 1.29 is 19.2 Å². The third-order valence-electron chi connectivity index (χ3n) is 5.36. The number of amides is 3. The van der Waals surface area contributed by atoms with Gasteiger partial charge in [-0.1, -0.05) is 50.1 Å². The highest BCUT2D eigenvalue weighted by molar-refractivity contribution is 5.91. The molecule has 7 heteroatoms. The van der Waals surface area contributed by atoms with Crippen molar-refractivity contribution in [1.82, 2.24) is 15.3 Å². The summed E-state index contributed by atoms with van der Waals surface area (Å²) >= 11 is 0. The number of benzene rings is 1. The second-order valence-electron chi connectivity index (χ2n) is 7.48. The molecule has 1 aromatic carbocycles. The molecule has 7 nitrogen and oxygen atoms in total. The van der Waals surface area contributed by atoms with Crippen molar-refractivity contribution in [2.75, 3.05) is 13.1 Å². The van der Waals surface area contributed by atoms with E-state index in [9.17, 15) is 14.4 Å². The zero-order valence-electron chi connectivity index (χ0n) is 16.4. The highest BCUT2D eigenvalue weighted by Gasteiger charge is 2.47. The summed E-state index contributed by atoms with van der Waals surface area (Å²) in [7, 11) is 0. The van der Waals surface area contributed by atoms with Crippen LogP contribution in [0.15, 0.2) is 30.3 Å². The lowest BCUT2D eigenvalue weighted by Gasteiger charge is -2.29. The second-order valence-corrected chi connectivity index (χ2v) is 7.48. The minimum Gasteiger partial charge on any atom is -0.347 e. The molecule has 2 aliphatic heterocycles. The van der Waals surface area contributed by atoms with Crippen LogP contribution in [0.5, 0.6) is 0 Å². The Hall–Kier alpha value is -2.41. The first-order valence-electron chi connectivity index (χ1n) is 10.2. The Morgan fingerprint density at radius 3 is 2.71 bits per heavy atom. The lowest BCUT2D eigenvalue weighted by molar-refractivity contribution is -0.140. The van der Waals surface area contributed by atoms with E-state index in [0.717, 1.165) is 24.8 Å². The molecule has 0 spiro atoms. The predicted octanol–water partition coefficient (Wildman–Crippen LogP) is 2.65. The molecule has 0 radical (unpaired) electrons. The van der Waals surface area contributed by atoms with Gasteiger partial charge in [0, 0.05) is 13.0 Å². The van der Waals surface area contributed by atoms with E-state index in [0.29, 0.717) is 32.4 Å². The van der Waals surface area contributed by atoms with Crippen LogP contribution in [0.3, 0.4) is 0 Å². The Morgan fingerprint density at radius 2 is 1.96 bits per heavy atom. The van der Waals surface area contributed by atoms with Crippen molar-refractivity contribution in [2.45, 2.75) is 64.1 Å². The van der Waals surface area contributed by atoms with Crippen molar-refractivity contribution in [1.29, 1.82) is 0 Å². The Bertz CT molecular complexity index is 694. The molecule has 0 aromatic heterocycles. The van der Waals surface area contributed by atoms with Gasteiger partial charge in [0.15, 0.2) is 5.78 Å². The van der Waals surface area contributed by atoms with Crippen molar-refractivity contribution >= 4 is 17.7 Å². The van der Waals surface area contributed by atoms with Gasteiger partial charge in [-0.3, -0.25) is 14.4 Å². The molecule has 2 bridgehead atoms. The summed E-state index contributed by atoms with van der Waals surface area (Å²) in [6.07, 6.45) is 4.71. The van der Waals surface area contributed by atoms with E-state index in [1.165, 1.54) is 5.06 Å². The maximum Gasteiger partial charge on any atom is 0.345 e. The lowest BCUT2D eigenvalue weighted by atomic mass is 10.0. The Balaban J connectivity index is 1.49. The van der Waals surface area contributed by atoms with E-state index in [4.69, 9.17) is 4.84 Å². The summed E-state index contributed by atoms with van der Waals surface area (Å²) < 4.78 is 0. The highest BCUT2D eigenvalue weighted by atomic mass is 16.7. The number of piperidine rings is 1. The molecule has 152 valence electrons. The molecule has 2 heterocycles. The highest BCUT2D eigenvalue weighted by Crippen LogP contribution is 2.30. The maximum absolute atomic E-state index is 12.7. The molecule has 2 unspecified atom stereocenters. The van der Waals surface area contributed by atoms with Crippen molar-refractivity contribution in [3.05, 3.63) is 35.9 Å². The van der Waals surface area contributed by atoms with Crippen LogP contribution >= 0.6 is 0 Å². The van der Waals surface area contributed by atoms with Crippen LogP contribution in [-0.4, -0.2) is 52.9 Å². The van der Waals surface area contributed by atoms with E-state index < -0.39 is 6.04 Å². The number of urea groups is 1. The average molecular weight is 387 g/mol. The van der Waals surface area contributed by atoms with Gasteiger partial charge in [0.2, 0.25) is 5.91 Å². The summed E-state index contributed by atoms with van der Waals surface area (Å²) in [4.78, 5) is 44.4. The Morgan fingerprint density at radius 1 is 1.18 bits per heavy atom. The van der Waals surface area contributed by atoms with Gasteiger partial charge in [-0.15, -0.1) is 0 Å². The van der Waals surface area contributed by atoms with Gasteiger partial charge >= 0.3 is 6.03 Å². The molecular formula is C21H29N3O4. The molecule has 3 amide bonds. The predicted molar refractivity (Wildman–Crippen MR) is 104 cm³/mol. The molecule has 2 fully saturated rings. The number of hydrogen-bond acceptors (Lipinski definition) is 4. The molecule has 28 heavy (non-hydrogen) atoms. The standard InChI is InChI=1S/C21H29N3O4/c1-2-3-5-10-18(25)13-22-20(26)19-12-11-17-14-23(19)21(27)24(17)28-15-16-8-6-4-7-9-16/h4,6-9,17,19H,2-3,5,10-15H2,1H3,(H,22,26). The molecule has 0 aliphatic carbocycles. The SMILES string of the molecule is CCCCCC(=O)CNC(=O)C1CCC2CN1C(=O)N2OCc1ccccc1. The van der Waals surface area contributed by atoms with Crippen molar-refractivity contribution in [3.63, 3.8) is 0 Å². The fourth-order valence-corrected chi connectivity index (χ4v) is 3.75. The second kappa shape index (κ2) is 9.68. The number of ketones is 1. The average Bonchev–Trinajstić information content (AvgIpc) is 2.95. The van der Waals surface area contributed by atoms with Gasteiger partial charge in [0.25, 0.3) is 0 Å². The van der Waals surface area contributed by atoms with Crippen LogP contribution < -0.4 is 5.32 Å². The van der Waals surface area contributed by atoms with Gasteiger partial charge in [-0.2, -0.15) is 5.06 Å². The summed E-state index contributed by atoms with van der Waals surface area (Å²) in [5, 5.41) is 4.13. The Labute approximate surface area is 166 Å². The molecule has 0 saturated carbocycles. The number of hydroxylamine groups is 2. The zero-order valence-corrected chi connectivity index (χ0v) is 16.4. The van der Waals surface area contributed by atoms with Crippen LogP contribution in [0.4, 0.5) is 4.79 Å². The normalized spacial score (nSPS) is 21.1. The minimum absolute atomic E-state index is 0.0315. The van der Waals surface area contributed by atoms with Gasteiger partial charge in [0.1, 0.15) is 12.6 Å². The topological polar surface area (TPSA) is 79.0 Å². The number of nitrogens with one attached hydrogen (secondary N) is 1. The number of carbonyl (C=O) groups is 3. The van der Waals surface area contributed by atoms with Crippen LogP contribution in [-0.2, 0) is 21.0 Å². The van der Waals surface area contributed by atoms with Crippen LogP contribution in [0.25, 0.3) is 0 Å². The van der Waals surface area contributed by atoms with Gasteiger partial charge < -0.3 is 10.2 Å². The van der Waals surface area contributed by atoms with Gasteiger partial charge in [-0.05, 0) is 24.8 Å². The van der Waals surface area contributed by atoms with Gasteiger partial charge in [-0.25, -0.2) is 4.79 Å². The van der Waals surface area contributed by atoms with Crippen LogP contribution in [0.1, 0.15) is 51.0 Å². The number of carbonyl (C=O) groups excluding carboxylic acids is 3. The number of fused-ring (bicyclic) bond motifs is 2. The largest absolute Gasteiger partial charge is 0.347 e. The third-order valence-corrected chi connectivity index (χ3v) is 5.36. The molecule has 2 atom stereocenters. The van der Waals surface area contributed by atoms with E-state index in [-0.39, 0.29) is 30.3 Å². The molecule has 2 aliphatic rings. The van der Waals surface area contributed by atoms with E-state index in [2.05, 4.69) is 12.2 Å². The summed E-state index contributed by atoms with van der Waals surface area (Å²) in [5.74, 6) is -0.211. The van der Waals surface area contributed by atoms with Crippen molar-refractivity contribution in [2.24, 2.45) is 0 Å². The lowest BCUT2D eigenvalue weighted by Crippen LogP contribution is -2.50. The summed E-state index contributed by atoms with van der Waals surface area (Å²) in [6.45, 7) is 2.93. The molecular weight excluding hydrogens is 358 g/mol. The van der Waals surface area contributed by atoms with Crippen LogP contribution in [0.2, 0.25) is 0 Å². The fraction of sp³-hybridized carbons (Fsp3) is 0.571. The maximum atomic E-state index is 12.7. The van der Waals surface area contributed by atoms with E-state index in [1.54, 1.807) is 4.90 Å². The first-order valence-corrected chi connectivity index (χ1v) is 10.2. The number of rotatable bonds is 10. The summed E-state index contributed by atoms with van der Waals surface area (Å²) in [6, 6.07) is 8.84. The minimum atomic E-state index is -0.530. The third kappa shape index (κ3) is 4.90. The first kappa shape index (κ1) is 20.3. The van der Waals surface area contributed by atoms with Gasteiger partial charge in [0.05, 0.1) is 12.6 Å². The molecule has 1 aromatic rings. The first-order chi connectivity index (χ1) is 13.6. The summed E-state index contributed by atoms with van der Waals surface area (Å²) in [5.41, 5.74) is 0.989. The number of nitrogens with zero attached hydrogens (tertiary/aromatic N) is 2. The quantitative estimate of drug-likeness (QED) is 0.626. The monoisotopic (exact) mass is 387 g/mol. The van der Waals surface area contributed by atoms with Crippen molar-refractivity contribution in [3.8, 4) is 0 Å². The fourth-order valence-electron chi connectivity index (χ4n) is 3.75. The number of unbranched alkanes of at least 4 members (excludes halogenated alkanes) is 2. The van der Waals surface area contributed by atoms with E-state index in [1.807, 2.05) is 30.3 Å². The number of Topliss-reactive ketones (excluding diaryl/α,β-unsaturated/α-hetero) is 1. The Kier molecular flexibility index (Phi) is 7.03. The van der Waals surface area contributed by atoms with E-state index >= 15 is 0 Å². The number of hydrogen-bond donors (Lipinski definition) is 1. The molecule has 3 rings (SSSR count). The molecule has 2 saturated heterocycles. The van der Waals surface area contributed by atoms with Crippen LogP contribution in [0, 0.1) is 0 Å². The zero-order chi connectivity index (χ0) is 19.9. The smallest absolute Gasteiger partial charge is 0.345 e.